The second-order valence-corrected chi connectivity index (χ2v) is 5.75. The van der Waals surface area contributed by atoms with E-state index in [1.54, 1.807) is 0 Å². The van der Waals surface area contributed by atoms with Gasteiger partial charge < -0.3 is 11.1 Å². The first-order valence-corrected chi connectivity index (χ1v) is 7.06. The highest BCUT2D eigenvalue weighted by Crippen LogP contribution is 2.49. The summed E-state index contributed by atoms with van der Waals surface area (Å²) in [7, 11) is 0. The number of hydrogen-bond donors (Lipinski definition) is 2. The van der Waals surface area contributed by atoms with E-state index in [0.717, 1.165) is 6.54 Å². The van der Waals surface area contributed by atoms with E-state index in [1.807, 2.05) is 0 Å². The minimum Gasteiger partial charge on any atom is -0.382 e. The molecule has 3 rings (SSSR count). The number of aromatic nitrogens is 2. The highest BCUT2D eigenvalue weighted by molar-refractivity contribution is 6.35. The van der Waals surface area contributed by atoms with Crippen molar-refractivity contribution in [2.45, 2.75) is 25.2 Å². The third-order valence-corrected chi connectivity index (χ3v) is 4.35. The lowest BCUT2D eigenvalue weighted by Gasteiger charge is -2.19. The zero-order valence-corrected chi connectivity index (χ0v) is 12.1. The number of benzene rings is 1. The van der Waals surface area contributed by atoms with Gasteiger partial charge in [0.15, 0.2) is 0 Å². The first-order valence-electron chi connectivity index (χ1n) is 6.68. The Kier molecular flexibility index (Phi) is 3.26. The molecule has 0 atom stereocenters. The molecule has 0 unspecified atom stereocenters. The number of anilines is 2. The van der Waals surface area contributed by atoms with Gasteiger partial charge in [-0.15, -0.1) is 0 Å². The maximum Gasteiger partial charge on any atom is 0.150 e. The smallest absolute Gasteiger partial charge is 0.150 e. The van der Waals surface area contributed by atoms with Crippen molar-refractivity contribution in [3.8, 4) is 0 Å². The summed E-state index contributed by atoms with van der Waals surface area (Å²) in [6.45, 7) is 2.97. The molecule has 4 nitrogen and oxygen atoms in total. The molecule has 2 aromatic rings. The molecule has 0 amide bonds. The molecule has 0 radical (unpaired) electrons. The van der Waals surface area contributed by atoms with Crippen LogP contribution in [0.4, 0.5) is 11.6 Å². The molecule has 1 heterocycles. The average Bonchev–Trinajstić information content (AvgIpc) is 3.22. The molecule has 1 aromatic carbocycles. The highest BCUT2D eigenvalue weighted by Gasteiger charge is 2.44. The van der Waals surface area contributed by atoms with Crippen LogP contribution in [-0.2, 0) is 5.41 Å². The number of nitrogen functional groups attached to an aromatic ring is 1. The summed E-state index contributed by atoms with van der Waals surface area (Å²) < 4.78 is 0. The number of nitrogens with one attached hydrogen (secondary N) is 1. The summed E-state index contributed by atoms with van der Waals surface area (Å²) in [5.74, 6) is 0.920. The predicted octanol–water partition coefficient (Wildman–Crippen LogP) is 3.16. The van der Waals surface area contributed by atoms with Crippen LogP contribution >= 0.6 is 11.6 Å². The number of nitrogens with zero attached hydrogens (tertiary/aromatic N) is 2. The molecular weight excluding hydrogens is 272 g/mol. The number of aryl methyl sites for hydroxylation is 1. The van der Waals surface area contributed by atoms with Crippen LogP contribution in [-0.4, -0.2) is 16.5 Å². The molecule has 104 valence electrons. The van der Waals surface area contributed by atoms with E-state index in [-0.39, 0.29) is 5.41 Å². The van der Waals surface area contributed by atoms with Gasteiger partial charge in [0.2, 0.25) is 0 Å². The van der Waals surface area contributed by atoms with Crippen LogP contribution < -0.4 is 11.1 Å². The Morgan fingerprint density at radius 1 is 1.30 bits per heavy atom. The van der Waals surface area contributed by atoms with Crippen molar-refractivity contribution in [3.63, 3.8) is 0 Å². The Morgan fingerprint density at radius 3 is 2.75 bits per heavy atom. The Balaban J connectivity index is 1.79. The summed E-state index contributed by atoms with van der Waals surface area (Å²) in [6, 6.07) is 8.54. The van der Waals surface area contributed by atoms with Crippen molar-refractivity contribution in [1.29, 1.82) is 0 Å². The van der Waals surface area contributed by atoms with E-state index < -0.39 is 0 Å². The number of hydrogen-bond acceptors (Lipinski definition) is 4. The van der Waals surface area contributed by atoms with Gasteiger partial charge in [0, 0.05) is 12.0 Å². The van der Waals surface area contributed by atoms with E-state index in [2.05, 4.69) is 46.5 Å². The van der Waals surface area contributed by atoms with Crippen molar-refractivity contribution < 1.29 is 0 Å². The normalized spacial score (nSPS) is 15.9. The standard InChI is InChI=1S/C15H17ClN4/c1-10-4-2-3-5-11(10)15(6-7-15)8-18-14-12(16)13(17)19-9-20-14/h2-5,9H,6-8H2,1H3,(H3,17,18,19,20). The highest BCUT2D eigenvalue weighted by atomic mass is 35.5. The topological polar surface area (TPSA) is 63.8 Å². The predicted molar refractivity (Wildman–Crippen MR) is 82.0 cm³/mol. The average molecular weight is 289 g/mol. The maximum absolute atomic E-state index is 6.11. The van der Waals surface area contributed by atoms with Gasteiger partial charge in [-0.3, -0.25) is 0 Å². The molecule has 0 aliphatic heterocycles. The van der Waals surface area contributed by atoms with Crippen LogP contribution in [0.1, 0.15) is 24.0 Å². The van der Waals surface area contributed by atoms with Gasteiger partial charge in [-0.2, -0.15) is 0 Å². The fourth-order valence-electron chi connectivity index (χ4n) is 2.62. The second-order valence-electron chi connectivity index (χ2n) is 5.37. The Morgan fingerprint density at radius 2 is 2.05 bits per heavy atom. The van der Waals surface area contributed by atoms with Gasteiger partial charge in [-0.05, 0) is 30.9 Å². The molecular formula is C15H17ClN4. The monoisotopic (exact) mass is 288 g/mol. The molecule has 1 saturated carbocycles. The zero-order chi connectivity index (χ0) is 14.2. The Hall–Kier alpha value is -1.81. The lowest BCUT2D eigenvalue weighted by molar-refractivity contribution is 0.724. The third kappa shape index (κ3) is 2.31. The van der Waals surface area contributed by atoms with Gasteiger partial charge >= 0.3 is 0 Å². The lowest BCUT2D eigenvalue weighted by Crippen LogP contribution is -2.21. The number of nitrogens with two attached hydrogens (primary N) is 1. The van der Waals surface area contributed by atoms with Crippen molar-refractivity contribution in [1.82, 2.24) is 9.97 Å². The van der Waals surface area contributed by atoms with Crippen LogP contribution in [0.3, 0.4) is 0 Å². The molecule has 3 N–H and O–H groups in total. The molecule has 1 aliphatic rings. The first-order chi connectivity index (χ1) is 9.62. The fourth-order valence-corrected chi connectivity index (χ4v) is 2.78. The fraction of sp³-hybridized carbons (Fsp3) is 0.333. The quantitative estimate of drug-likeness (QED) is 0.907. The van der Waals surface area contributed by atoms with Gasteiger partial charge in [-0.25, -0.2) is 9.97 Å². The molecule has 20 heavy (non-hydrogen) atoms. The summed E-state index contributed by atoms with van der Waals surface area (Å²) in [5.41, 5.74) is 8.63. The van der Waals surface area contributed by atoms with Crippen LogP contribution in [0.5, 0.6) is 0 Å². The summed E-state index contributed by atoms with van der Waals surface area (Å²) in [4.78, 5) is 8.02. The van der Waals surface area contributed by atoms with Crippen LogP contribution in [0.2, 0.25) is 5.02 Å². The third-order valence-electron chi connectivity index (χ3n) is 3.98. The Bertz CT molecular complexity index is 638. The molecule has 1 aromatic heterocycles. The second kappa shape index (κ2) is 4.94. The lowest BCUT2D eigenvalue weighted by atomic mass is 9.92. The molecule has 1 aliphatic carbocycles. The van der Waals surface area contributed by atoms with Gasteiger partial charge in [-0.1, -0.05) is 35.9 Å². The first kappa shape index (κ1) is 13.2. The van der Waals surface area contributed by atoms with E-state index in [0.29, 0.717) is 16.7 Å². The van der Waals surface area contributed by atoms with Crippen molar-refractivity contribution in [2.75, 3.05) is 17.6 Å². The minimum atomic E-state index is 0.203. The van der Waals surface area contributed by atoms with Crippen molar-refractivity contribution >= 4 is 23.2 Å². The molecule has 5 heteroatoms. The summed E-state index contributed by atoms with van der Waals surface area (Å²) in [6.07, 6.45) is 3.79. The SMILES string of the molecule is Cc1ccccc1C1(CNc2ncnc(N)c2Cl)CC1. The summed E-state index contributed by atoms with van der Waals surface area (Å²) >= 11 is 6.11. The maximum atomic E-state index is 6.11. The van der Waals surface area contributed by atoms with Gasteiger partial charge in [0.05, 0.1) is 0 Å². The van der Waals surface area contributed by atoms with Crippen LogP contribution in [0.25, 0.3) is 0 Å². The van der Waals surface area contributed by atoms with E-state index in [1.165, 1.54) is 30.3 Å². The molecule has 1 fully saturated rings. The number of halogens is 1. The minimum absolute atomic E-state index is 0.203. The zero-order valence-electron chi connectivity index (χ0n) is 11.4. The number of rotatable bonds is 4. The molecule has 0 bridgehead atoms. The van der Waals surface area contributed by atoms with Crippen LogP contribution in [0, 0.1) is 6.92 Å². The van der Waals surface area contributed by atoms with E-state index in [9.17, 15) is 0 Å². The summed E-state index contributed by atoms with van der Waals surface area (Å²) in [5, 5.41) is 3.72. The largest absolute Gasteiger partial charge is 0.382 e. The molecule has 0 saturated heterocycles. The van der Waals surface area contributed by atoms with Crippen molar-refractivity contribution in [3.05, 3.63) is 46.7 Å². The van der Waals surface area contributed by atoms with Gasteiger partial charge in [0.25, 0.3) is 0 Å². The van der Waals surface area contributed by atoms with E-state index >= 15 is 0 Å². The Labute approximate surface area is 123 Å². The molecule has 0 spiro atoms. The van der Waals surface area contributed by atoms with Crippen LogP contribution in [0.15, 0.2) is 30.6 Å². The van der Waals surface area contributed by atoms with Crippen molar-refractivity contribution in [2.24, 2.45) is 0 Å². The van der Waals surface area contributed by atoms with Gasteiger partial charge in [0.1, 0.15) is 23.0 Å². The van der Waals surface area contributed by atoms with E-state index in [4.69, 9.17) is 17.3 Å².